The third-order valence-electron chi connectivity index (χ3n) is 3.43. The van der Waals surface area contributed by atoms with Crippen LogP contribution in [-0.2, 0) is 10.0 Å². The van der Waals surface area contributed by atoms with E-state index in [4.69, 9.17) is 5.73 Å². The number of halogens is 1. The molecule has 2 N–H and O–H groups in total. The molecule has 0 spiro atoms. The maximum Gasteiger partial charge on any atom is 0.254 e. The molecular weight excluding hydrogens is 336 g/mol. The minimum atomic E-state index is -3.42. The van der Waals surface area contributed by atoms with Crippen LogP contribution in [0.25, 0.3) is 0 Å². The highest BCUT2D eigenvalue weighted by molar-refractivity contribution is 9.10. The molecule has 102 valence electrons. The Hall–Kier alpha value is 0.0500. The first-order valence-electron chi connectivity index (χ1n) is 5.93. The van der Waals surface area contributed by atoms with Crippen LogP contribution in [0.15, 0.2) is 20.1 Å². The number of nitrogens with two attached hydrogens (primary N) is 1. The van der Waals surface area contributed by atoms with Crippen molar-refractivity contribution in [3.63, 3.8) is 0 Å². The van der Waals surface area contributed by atoms with Crippen molar-refractivity contribution >= 4 is 37.3 Å². The second-order valence-corrected chi connectivity index (χ2v) is 8.45. The molecule has 1 aromatic rings. The van der Waals surface area contributed by atoms with Crippen molar-refractivity contribution in [2.24, 2.45) is 11.7 Å². The highest BCUT2D eigenvalue weighted by Gasteiger charge is 2.37. The molecule has 1 aliphatic heterocycles. The first-order valence-corrected chi connectivity index (χ1v) is 9.04. The second-order valence-electron chi connectivity index (χ2n) is 4.59. The summed E-state index contributed by atoms with van der Waals surface area (Å²) in [6.07, 6.45) is 1.94. The summed E-state index contributed by atoms with van der Waals surface area (Å²) < 4.78 is 27.9. The van der Waals surface area contributed by atoms with Crippen LogP contribution >= 0.6 is 27.3 Å². The Labute approximate surface area is 120 Å². The van der Waals surface area contributed by atoms with Crippen LogP contribution in [0.4, 0.5) is 0 Å². The van der Waals surface area contributed by atoms with Crippen LogP contribution in [0, 0.1) is 5.92 Å². The summed E-state index contributed by atoms with van der Waals surface area (Å²) in [5, 5.41) is 1.78. The van der Waals surface area contributed by atoms with Gasteiger partial charge in [-0.1, -0.05) is 6.92 Å². The van der Waals surface area contributed by atoms with Gasteiger partial charge in [0.15, 0.2) is 0 Å². The zero-order valence-corrected chi connectivity index (χ0v) is 13.4. The molecule has 0 radical (unpaired) electrons. The number of hydrogen-bond donors (Lipinski definition) is 1. The molecule has 2 heterocycles. The van der Waals surface area contributed by atoms with Gasteiger partial charge in [0, 0.05) is 23.6 Å². The number of sulfonamides is 1. The number of hydrogen-bond acceptors (Lipinski definition) is 4. The van der Waals surface area contributed by atoms with E-state index in [-0.39, 0.29) is 6.04 Å². The van der Waals surface area contributed by atoms with Gasteiger partial charge in [0.1, 0.15) is 4.21 Å². The number of piperidine rings is 1. The molecule has 0 unspecified atom stereocenters. The van der Waals surface area contributed by atoms with E-state index < -0.39 is 10.0 Å². The fourth-order valence-electron chi connectivity index (χ4n) is 2.43. The summed E-state index contributed by atoms with van der Waals surface area (Å²) in [6, 6.07) is 1.68. The lowest BCUT2D eigenvalue weighted by Gasteiger charge is -2.38. The first-order chi connectivity index (χ1) is 8.48. The smallest absolute Gasteiger partial charge is 0.254 e. The van der Waals surface area contributed by atoms with Crippen molar-refractivity contribution in [1.29, 1.82) is 0 Å². The minimum absolute atomic E-state index is 0.0854. The van der Waals surface area contributed by atoms with Gasteiger partial charge in [-0.25, -0.2) is 8.42 Å². The van der Waals surface area contributed by atoms with Crippen molar-refractivity contribution in [2.45, 2.75) is 30.0 Å². The van der Waals surface area contributed by atoms with Gasteiger partial charge in [0.25, 0.3) is 10.0 Å². The van der Waals surface area contributed by atoms with E-state index >= 15 is 0 Å². The van der Waals surface area contributed by atoms with Gasteiger partial charge in [0.2, 0.25) is 0 Å². The largest absolute Gasteiger partial charge is 0.329 e. The molecule has 1 fully saturated rings. The van der Waals surface area contributed by atoms with E-state index in [1.54, 1.807) is 15.8 Å². The van der Waals surface area contributed by atoms with E-state index in [1.807, 2.05) is 0 Å². The second kappa shape index (κ2) is 5.58. The number of rotatable bonds is 3. The van der Waals surface area contributed by atoms with Crippen LogP contribution in [0.1, 0.15) is 19.8 Å². The molecule has 18 heavy (non-hydrogen) atoms. The molecular formula is C11H17BrN2O2S2. The van der Waals surface area contributed by atoms with E-state index in [2.05, 4.69) is 22.9 Å². The summed E-state index contributed by atoms with van der Waals surface area (Å²) in [7, 11) is -3.42. The van der Waals surface area contributed by atoms with Crippen molar-refractivity contribution in [1.82, 2.24) is 4.31 Å². The average molecular weight is 353 g/mol. The summed E-state index contributed by atoms with van der Waals surface area (Å²) in [4.78, 5) is 0. The van der Waals surface area contributed by atoms with Crippen LogP contribution < -0.4 is 5.73 Å². The SMILES string of the molecule is C[C@@H]1CCCN(S(=O)(=O)c2sccc2Br)[C@@H]1CN. The van der Waals surface area contributed by atoms with Gasteiger partial charge in [-0.15, -0.1) is 11.3 Å². The summed E-state index contributed by atoms with van der Waals surface area (Å²) >= 11 is 4.55. The lowest BCUT2D eigenvalue weighted by Crippen LogP contribution is -2.51. The normalized spacial score (nSPS) is 26.4. The molecule has 1 aliphatic rings. The summed E-state index contributed by atoms with van der Waals surface area (Å²) in [6.45, 7) is 3.02. The molecule has 0 aromatic carbocycles. The molecule has 2 rings (SSSR count). The fourth-order valence-corrected chi connectivity index (χ4v) is 6.63. The van der Waals surface area contributed by atoms with Crippen molar-refractivity contribution < 1.29 is 8.42 Å². The Kier molecular flexibility index (Phi) is 4.48. The van der Waals surface area contributed by atoms with Crippen LogP contribution in [0.2, 0.25) is 0 Å². The molecule has 0 amide bonds. The lowest BCUT2D eigenvalue weighted by atomic mass is 9.93. The molecule has 0 saturated carbocycles. The quantitative estimate of drug-likeness (QED) is 0.907. The molecule has 0 bridgehead atoms. The van der Waals surface area contributed by atoms with Gasteiger partial charge >= 0.3 is 0 Å². The van der Waals surface area contributed by atoms with Gasteiger partial charge in [-0.3, -0.25) is 0 Å². The number of thiophene rings is 1. The zero-order valence-electron chi connectivity index (χ0n) is 10.2. The maximum absolute atomic E-state index is 12.6. The predicted octanol–water partition coefficient (Wildman–Crippen LogP) is 2.26. The van der Waals surface area contributed by atoms with E-state index in [0.717, 1.165) is 12.8 Å². The Morgan fingerprint density at radius 2 is 2.33 bits per heavy atom. The topological polar surface area (TPSA) is 63.4 Å². The van der Waals surface area contributed by atoms with Crippen LogP contribution in [0.5, 0.6) is 0 Å². The Balaban J connectivity index is 2.37. The first kappa shape index (κ1) is 14.5. The van der Waals surface area contributed by atoms with E-state index in [0.29, 0.717) is 27.7 Å². The van der Waals surface area contributed by atoms with Crippen molar-refractivity contribution in [3.05, 3.63) is 15.9 Å². The summed E-state index contributed by atoms with van der Waals surface area (Å²) in [5.74, 6) is 0.317. The average Bonchev–Trinajstić information content (AvgIpc) is 2.75. The van der Waals surface area contributed by atoms with Crippen molar-refractivity contribution in [2.75, 3.05) is 13.1 Å². The third-order valence-corrected chi connectivity index (χ3v) is 8.01. The minimum Gasteiger partial charge on any atom is -0.329 e. The lowest BCUT2D eigenvalue weighted by molar-refractivity contribution is 0.193. The maximum atomic E-state index is 12.6. The fraction of sp³-hybridized carbons (Fsp3) is 0.636. The Morgan fingerprint density at radius 1 is 1.61 bits per heavy atom. The molecule has 4 nitrogen and oxygen atoms in total. The molecule has 0 aliphatic carbocycles. The van der Waals surface area contributed by atoms with E-state index in [1.165, 1.54) is 11.3 Å². The summed E-state index contributed by atoms with van der Waals surface area (Å²) in [5.41, 5.74) is 5.76. The highest BCUT2D eigenvalue weighted by Crippen LogP contribution is 2.34. The predicted molar refractivity (Wildman–Crippen MR) is 77.2 cm³/mol. The Morgan fingerprint density at radius 3 is 2.89 bits per heavy atom. The van der Waals surface area contributed by atoms with Crippen molar-refractivity contribution in [3.8, 4) is 0 Å². The molecule has 1 aromatic heterocycles. The zero-order chi connectivity index (χ0) is 13.3. The molecule has 7 heteroatoms. The van der Waals surface area contributed by atoms with Gasteiger partial charge in [0.05, 0.1) is 0 Å². The molecule has 1 saturated heterocycles. The monoisotopic (exact) mass is 352 g/mol. The molecule has 2 atom stereocenters. The Bertz CT molecular complexity index is 515. The highest BCUT2D eigenvalue weighted by atomic mass is 79.9. The van der Waals surface area contributed by atoms with E-state index in [9.17, 15) is 8.42 Å². The van der Waals surface area contributed by atoms with Gasteiger partial charge in [-0.05, 0) is 46.1 Å². The van der Waals surface area contributed by atoms with Gasteiger partial charge < -0.3 is 5.73 Å². The van der Waals surface area contributed by atoms with Crippen LogP contribution in [-0.4, -0.2) is 31.9 Å². The van der Waals surface area contributed by atoms with Gasteiger partial charge in [-0.2, -0.15) is 4.31 Å². The van der Waals surface area contributed by atoms with Crippen LogP contribution in [0.3, 0.4) is 0 Å². The standard InChI is InChI=1S/C11H17BrN2O2S2/c1-8-3-2-5-14(10(8)7-13)18(15,16)11-9(12)4-6-17-11/h4,6,8,10H,2-3,5,7,13H2,1H3/t8-,10-/m1/s1. The number of nitrogens with zero attached hydrogens (tertiary/aromatic N) is 1. The third kappa shape index (κ3) is 2.51.